The van der Waals surface area contributed by atoms with Crippen LogP contribution in [0, 0.1) is 6.92 Å². The number of aromatic nitrogens is 2. The summed E-state index contributed by atoms with van der Waals surface area (Å²) in [5, 5.41) is 6.35. The lowest BCUT2D eigenvalue weighted by Gasteiger charge is -1.92. The maximum Gasteiger partial charge on any atom is 0.0997 e. The summed E-state index contributed by atoms with van der Waals surface area (Å²) in [4.78, 5) is 8.88. The lowest BCUT2D eigenvalue weighted by atomic mass is 10.4. The van der Waals surface area contributed by atoms with Crippen LogP contribution < -0.4 is 0 Å². The normalized spacial score (nSPS) is 10.8. The van der Waals surface area contributed by atoms with Gasteiger partial charge in [-0.15, -0.1) is 22.7 Å². The first-order chi connectivity index (χ1) is 7.28. The highest BCUT2D eigenvalue weighted by atomic mass is 32.1. The highest BCUT2D eigenvalue weighted by molar-refractivity contribution is 7.11. The second-order valence-electron chi connectivity index (χ2n) is 3.22. The molecule has 0 bridgehead atoms. The van der Waals surface area contributed by atoms with Crippen molar-refractivity contribution in [2.24, 2.45) is 0 Å². The van der Waals surface area contributed by atoms with Gasteiger partial charge in [0.15, 0.2) is 0 Å². The number of ether oxygens (including phenoxy) is 1. The van der Waals surface area contributed by atoms with E-state index in [-0.39, 0.29) is 0 Å². The van der Waals surface area contributed by atoms with Crippen molar-refractivity contribution in [3.05, 3.63) is 32.2 Å². The Labute approximate surface area is 96.8 Å². The van der Waals surface area contributed by atoms with E-state index in [0.29, 0.717) is 6.61 Å². The average Bonchev–Trinajstić information content (AvgIpc) is 2.78. The Hall–Kier alpha value is -0.780. The molecular weight excluding hydrogens is 228 g/mol. The summed E-state index contributed by atoms with van der Waals surface area (Å²) < 4.78 is 5.03. The van der Waals surface area contributed by atoms with Crippen LogP contribution in [0.3, 0.4) is 0 Å². The Kier molecular flexibility index (Phi) is 3.45. The summed E-state index contributed by atoms with van der Waals surface area (Å²) >= 11 is 3.36. The zero-order valence-electron chi connectivity index (χ0n) is 8.69. The van der Waals surface area contributed by atoms with E-state index < -0.39 is 0 Å². The third-order valence-electron chi connectivity index (χ3n) is 1.86. The molecule has 3 nitrogen and oxygen atoms in total. The van der Waals surface area contributed by atoms with Crippen LogP contribution in [-0.4, -0.2) is 17.1 Å². The summed E-state index contributed by atoms with van der Waals surface area (Å²) in [6.07, 6.45) is 0.840. The number of rotatable bonds is 4. The molecule has 80 valence electrons. The minimum absolute atomic E-state index is 0.591. The van der Waals surface area contributed by atoms with Gasteiger partial charge in [-0.1, -0.05) is 0 Å². The molecule has 0 spiro atoms. The highest BCUT2D eigenvalue weighted by Crippen LogP contribution is 2.17. The molecule has 0 radical (unpaired) electrons. The number of hydrogen-bond donors (Lipinski definition) is 0. The van der Waals surface area contributed by atoms with Crippen molar-refractivity contribution in [3.63, 3.8) is 0 Å². The molecule has 0 unspecified atom stereocenters. The summed E-state index contributed by atoms with van der Waals surface area (Å²) in [6, 6.07) is 0. The highest BCUT2D eigenvalue weighted by Gasteiger charge is 2.05. The molecule has 0 aliphatic rings. The van der Waals surface area contributed by atoms with Gasteiger partial charge in [0.2, 0.25) is 0 Å². The lowest BCUT2D eigenvalue weighted by molar-refractivity contribution is 0.182. The van der Waals surface area contributed by atoms with Crippen molar-refractivity contribution in [1.82, 2.24) is 9.97 Å². The molecule has 2 rings (SSSR count). The Bertz CT molecular complexity index is 436. The van der Waals surface area contributed by atoms with Gasteiger partial charge < -0.3 is 4.74 Å². The van der Waals surface area contributed by atoms with Crippen LogP contribution in [0.4, 0.5) is 0 Å². The van der Waals surface area contributed by atoms with E-state index in [0.717, 1.165) is 27.8 Å². The Balaban J connectivity index is 2.04. The number of nitrogens with zero attached hydrogens (tertiary/aromatic N) is 2. The molecular formula is C10H12N2OS2. The molecule has 0 saturated carbocycles. The molecule has 15 heavy (non-hydrogen) atoms. The number of thiazole rings is 2. The molecule has 2 aromatic heterocycles. The van der Waals surface area contributed by atoms with Crippen molar-refractivity contribution in [2.45, 2.75) is 20.0 Å². The monoisotopic (exact) mass is 240 g/mol. The van der Waals surface area contributed by atoms with Gasteiger partial charge in [0.1, 0.15) is 0 Å². The zero-order valence-corrected chi connectivity index (χ0v) is 10.3. The topological polar surface area (TPSA) is 35.0 Å². The molecule has 0 aromatic carbocycles. The first-order valence-electron chi connectivity index (χ1n) is 4.61. The second kappa shape index (κ2) is 4.83. The number of methoxy groups -OCH3 is 1. The van der Waals surface area contributed by atoms with Gasteiger partial charge in [0, 0.05) is 23.6 Å². The summed E-state index contributed by atoms with van der Waals surface area (Å²) in [5.74, 6) is 0. The fourth-order valence-electron chi connectivity index (χ4n) is 1.26. The molecule has 0 atom stereocenters. The van der Waals surface area contributed by atoms with E-state index in [1.165, 1.54) is 0 Å². The maximum atomic E-state index is 5.03. The third-order valence-corrected chi connectivity index (χ3v) is 3.72. The average molecular weight is 240 g/mol. The van der Waals surface area contributed by atoms with E-state index in [9.17, 15) is 0 Å². The molecule has 0 saturated heterocycles. The van der Waals surface area contributed by atoms with E-state index in [2.05, 4.69) is 15.3 Å². The zero-order chi connectivity index (χ0) is 10.7. The van der Waals surface area contributed by atoms with Crippen LogP contribution in [0.2, 0.25) is 0 Å². The first-order valence-corrected chi connectivity index (χ1v) is 6.37. The van der Waals surface area contributed by atoms with E-state index >= 15 is 0 Å². The molecule has 5 heteroatoms. The Morgan fingerprint density at radius 1 is 1.20 bits per heavy atom. The minimum Gasteiger partial charge on any atom is -0.378 e. The van der Waals surface area contributed by atoms with Crippen molar-refractivity contribution >= 4 is 22.7 Å². The quantitative estimate of drug-likeness (QED) is 0.824. The third kappa shape index (κ3) is 2.84. The molecule has 0 aliphatic carbocycles. The standard InChI is InChI=1S/C10H12N2OS2/c1-7-5-14-9(11-7)3-10-12-8(4-13-2)6-15-10/h5-6H,3-4H2,1-2H3. The van der Waals surface area contributed by atoms with Crippen LogP contribution in [-0.2, 0) is 17.8 Å². The van der Waals surface area contributed by atoms with E-state index in [4.69, 9.17) is 4.74 Å². The van der Waals surface area contributed by atoms with Crippen LogP contribution in [0.25, 0.3) is 0 Å². The summed E-state index contributed by atoms with van der Waals surface area (Å²) in [6.45, 7) is 2.60. The van der Waals surface area contributed by atoms with Crippen molar-refractivity contribution in [2.75, 3.05) is 7.11 Å². The summed E-state index contributed by atoms with van der Waals surface area (Å²) in [5.41, 5.74) is 2.09. The number of hydrogen-bond acceptors (Lipinski definition) is 5. The van der Waals surface area contributed by atoms with Gasteiger partial charge in [0.25, 0.3) is 0 Å². The predicted molar refractivity (Wildman–Crippen MR) is 62.5 cm³/mol. The SMILES string of the molecule is COCc1csc(Cc2nc(C)cs2)n1. The second-order valence-corrected chi connectivity index (χ2v) is 5.11. The lowest BCUT2D eigenvalue weighted by Crippen LogP contribution is -1.90. The Morgan fingerprint density at radius 3 is 2.60 bits per heavy atom. The fraction of sp³-hybridized carbons (Fsp3) is 0.400. The number of aryl methyl sites for hydroxylation is 1. The van der Waals surface area contributed by atoms with Gasteiger partial charge in [-0.05, 0) is 6.92 Å². The smallest absolute Gasteiger partial charge is 0.0997 e. The largest absolute Gasteiger partial charge is 0.378 e. The van der Waals surface area contributed by atoms with E-state index in [1.807, 2.05) is 12.3 Å². The van der Waals surface area contributed by atoms with Gasteiger partial charge in [-0.25, -0.2) is 9.97 Å². The molecule has 0 aliphatic heterocycles. The van der Waals surface area contributed by atoms with Crippen LogP contribution in [0.15, 0.2) is 10.8 Å². The van der Waals surface area contributed by atoms with Crippen LogP contribution in [0.5, 0.6) is 0 Å². The van der Waals surface area contributed by atoms with Crippen molar-refractivity contribution in [3.8, 4) is 0 Å². The van der Waals surface area contributed by atoms with Gasteiger partial charge in [0.05, 0.1) is 28.7 Å². The van der Waals surface area contributed by atoms with Gasteiger partial charge in [-0.2, -0.15) is 0 Å². The van der Waals surface area contributed by atoms with E-state index in [1.54, 1.807) is 29.8 Å². The molecule has 2 heterocycles. The minimum atomic E-state index is 0.591. The first kappa shape index (κ1) is 10.7. The molecule has 0 N–H and O–H groups in total. The van der Waals surface area contributed by atoms with Gasteiger partial charge in [-0.3, -0.25) is 0 Å². The maximum absolute atomic E-state index is 5.03. The van der Waals surface area contributed by atoms with Crippen LogP contribution >= 0.6 is 22.7 Å². The molecule has 0 fully saturated rings. The van der Waals surface area contributed by atoms with Crippen molar-refractivity contribution in [1.29, 1.82) is 0 Å². The molecule has 0 amide bonds. The predicted octanol–water partition coefficient (Wildman–Crippen LogP) is 2.65. The van der Waals surface area contributed by atoms with Crippen LogP contribution in [0.1, 0.15) is 21.4 Å². The van der Waals surface area contributed by atoms with Crippen molar-refractivity contribution < 1.29 is 4.74 Å². The fourth-order valence-corrected chi connectivity index (χ4v) is 2.91. The molecule has 2 aromatic rings. The summed E-state index contributed by atoms with van der Waals surface area (Å²) in [7, 11) is 1.68. The van der Waals surface area contributed by atoms with Gasteiger partial charge >= 0.3 is 0 Å². The Morgan fingerprint density at radius 2 is 1.93 bits per heavy atom.